The van der Waals surface area contributed by atoms with E-state index < -0.39 is 0 Å². The van der Waals surface area contributed by atoms with Gasteiger partial charge in [0, 0.05) is 28.6 Å². The summed E-state index contributed by atoms with van der Waals surface area (Å²) in [5.74, 6) is 0.140. The normalized spacial score (nSPS) is 14.7. The van der Waals surface area contributed by atoms with E-state index in [-0.39, 0.29) is 28.5 Å². The number of rotatable bonds is 4. The molecule has 0 aromatic heterocycles. The Morgan fingerprint density at radius 2 is 1.94 bits per heavy atom. The number of hydrogen-bond acceptors (Lipinski definition) is 3. The Morgan fingerprint density at radius 3 is 2.35 bits per heavy atom. The molecule has 0 radical (unpaired) electrons. The average Bonchev–Trinajstić information content (AvgIpc) is 2.15. The van der Waals surface area contributed by atoms with Crippen molar-refractivity contribution in [1.29, 1.82) is 0 Å². The monoisotopic (exact) mass is 256 g/mol. The van der Waals surface area contributed by atoms with Crippen molar-refractivity contribution in [2.45, 2.75) is 32.7 Å². The highest BCUT2D eigenvalue weighted by molar-refractivity contribution is 6.30. The first-order valence-electron chi connectivity index (χ1n) is 5.54. The molecule has 1 aromatic carbocycles. The molecule has 2 N–H and O–H groups in total. The first-order chi connectivity index (χ1) is 7.84. The van der Waals surface area contributed by atoms with Crippen LogP contribution in [-0.2, 0) is 0 Å². The highest BCUT2D eigenvalue weighted by atomic mass is 35.5. The van der Waals surface area contributed by atoms with Gasteiger partial charge in [-0.25, -0.2) is 0 Å². The van der Waals surface area contributed by atoms with Crippen molar-refractivity contribution in [1.82, 2.24) is 0 Å². The minimum absolute atomic E-state index is 0.0749. The van der Waals surface area contributed by atoms with Crippen LogP contribution in [0.2, 0.25) is 5.02 Å². The fourth-order valence-corrected chi connectivity index (χ4v) is 2.39. The summed E-state index contributed by atoms with van der Waals surface area (Å²) >= 11 is 5.91. The van der Waals surface area contributed by atoms with E-state index in [0.29, 0.717) is 10.6 Å². The van der Waals surface area contributed by atoms with Crippen LogP contribution >= 0.6 is 11.6 Å². The molecule has 0 aliphatic heterocycles. The van der Waals surface area contributed by atoms with Crippen LogP contribution in [0.4, 0.5) is 5.69 Å². The van der Waals surface area contributed by atoms with Gasteiger partial charge in [-0.05, 0) is 25.0 Å². The zero-order chi connectivity index (χ0) is 13.2. The molecule has 4 nitrogen and oxygen atoms in total. The molecule has 0 spiro atoms. The number of hydrogen-bond donors (Lipinski definition) is 1. The SMILES string of the molecule is CC(C)C(c1cc(Cl)ccc1[N+](=O)[O-])C(C)N. The maximum absolute atomic E-state index is 11.0. The summed E-state index contributed by atoms with van der Waals surface area (Å²) in [6.45, 7) is 5.85. The lowest BCUT2D eigenvalue weighted by atomic mass is 9.82. The lowest BCUT2D eigenvalue weighted by molar-refractivity contribution is -0.385. The Balaban J connectivity index is 3.34. The van der Waals surface area contributed by atoms with Crippen LogP contribution in [0.15, 0.2) is 18.2 Å². The summed E-state index contributed by atoms with van der Waals surface area (Å²) in [6, 6.07) is 4.46. The molecule has 1 aromatic rings. The largest absolute Gasteiger partial charge is 0.327 e. The van der Waals surface area contributed by atoms with Crippen molar-refractivity contribution in [2.24, 2.45) is 11.7 Å². The Labute approximate surface area is 106 Å². The fourth-order valence-electron chi connectivity index (χ4n) is 2.21. The molecule has 0 saturated heterocycles. The van der Waals surface area contributed by atoms with E-state index in [1.165, 1.54) is 12.1 Å². The van der Waals surface area contributed by atoms with Gasteiger partial charge in [0.15, 0.2) is 0 Å². The molecule has 5 heteroatoms. The van der Waals surface area contributed by atoms with Crippen LogP contribution < -0.4 is 5.73 Å². The maximum atomic E-state index is 11.0. The minimum Gasteiger partial charge on any atom is -0.327 e. The van der Waals surface area contributed by atoms with Gasteiger partial charge in [0.25, 0.3) is 5.69 Å². The molecule has 0 amide bonds. The number of nitro benzene ring substituents is 1. The summed E-state index contributed by atoms with van der Waals surface area (Å²) in [5.41, 5.74) is 6.63. The van der Waals surface area contributed by atoms with Gasteiger partial charge >= 0.3 is 0 Å². The van der Waals surface area contributed by atoms with E-state index in [9.17, 15) is 10.1 Å². The van der Waals surface area contributed by atoms with Crippen LogP contribution in [-0.4, -0.2) is 11.0 Å². The van der Waals surface area contributed by atoms with Gasteiger partial charge in [-0.1, -0.05) is 25.4 Å². The van der Waals surface area contributed by atoms with E-state index in [0.717, 1.165) is 0 Å². The zero-order valence-electron chi connectivity index (χ0n) is 10.2. The number of nitrogens with two attached hydrogens (primary N) is 1. The van der Waals surface area contributed by atoms with Gasteiger partial charge in [-0.3, -0.25) is 10.1 Å². The third-order valence-electron chi connectivity index (χ3n) is 2.83. The molecule has 0 aliphatic carbocycles. The smallest absolute Gasteiger partial charge is 0.273 e. The second kappa shape index (κ2) is 5.47. The number of halogens is 1. The molecule has 0 saturated carbocycles. The highest BCUT2D eigenvalue weighted by Crippen LogP contribution is 2.35. The van der Waals surface area contributed by atoms with Gasteiger partial charge in [-0.15, -0.1) is 0 Å². The fraction of sp³-hybridized carbons (Fsp3) is 0.500. The molecule has 0 bridgehead atoms. The second-order valence-electron chi connectivity index (χ2n) is 4.59. The molecule has 0 heterocycles. The summed E-state index contributed by atoms with van der Waals surface area (Å²) in [7, 11) is 0. The van der Waals surface area contributed by atoms with Crippen LogP contribution in [0.5, 0.6) is 0 Å². The molecular formula is C12H17ClN2O2. The quantitative estimate of drug-likeness (QED) is 0.664. The standard InChI is InChI=1S/C12H17ClN2O2/c1-7(2)12(8(3)14)10-6-9(13)4-5-11(10)15(16)17/h4-8,12H,14H2,1-3H3. The highest BCUT2D eigenvalue weighted by Gasteiger charge is 2.27. The zero-order valence-corrected chi connectivity index (χ0v) is 10.9. The van der Waals surface area contributed by atoms with Crippen LogP contribution in [0.25, 0.3) is 0 Å². The van der Waals surface area contributed by atoms with Crippen molar-refractivity contribution in [3.8, 4) is 0 Å². The van der Waals surface area contributed by atoms with Crippen molar-refractivity contribution in [3.05, 3.63) is 38.9 Å². The Bertz CT molecular complexity index is 411. The lowest BCUT2D eigenvalue weighted by Gasteiger charge is -2.25. The van der Waals surface area contributed by atoms with E-state index in [1.54, 1.807) is 6.07 Å². The summed E-state index contributed by atoms with van der Waals surface area (Å²) in [6.07, 6.45) is 0. The van der Waals surface area contributed by atoms with Crippen molar-refractivity contribution >= 4 is 17.3 Å². The topological polar surface area (TPSA) is 69.2 Å². The van der Waals surface area contributed by atoms with Crippen LogP contribution in [0.1, 0.15) is 32.3 Å². The first kappa shape index (κ1) is 13.9. The van der Waals surface area contributed by atoms with E-state index in [4.69, 9.17) is 17.3 Å². The third kappa shape index (κ3) is 3.17. The summed E-state index contributed by atoms with van der Waals surface area (Å²) in [5, 5.41) is 11.5. The second-order valence-corrected chi connectivity index (χ2v) is 5.03. The van der Waals surface area contributed by atoms with Crippen LogP contribution in [0, 0.1) is 16.0 Å². The average molecular weight is 257 g/mol. The van der Waals surface area contributed by atoms with Crippen LogP contribution in [0.3, 0.4) is 0 Å². The molecular weight excluding hydrogens is 240 g/mol. The van der Waals surface area contributed by atoms with Crippen molar-refractivity contribution in [2.75, 3.05) is 0 Å². The molecule has 0 fully saturated rings. The number of benzene rings is 1. The first-order valence-corrected chi connectivity index (χ1v) is 5.91. The van der Waals surface area contributed by atoms with Crippen molar-refractivity contribution < 1.29 is 4.92 Å². The lowest BCUT2D eigenvalue weighted by Crippen LogP contribution is -2.29. The Hall–Kier alpha value is -1.13. The Kier molecular flexibility index (Phi) is 4.48. The van der Waals surface area contributed by atoms with E-state index >= 15 is 0 Å². The number of nitro groups is 1. The van der Waals surface area contributed by atoms with E-state index in [2.05, 4.69) is 0 Å². The van der Waals surface area contributed by atoms with Gasteiger partial charge in [0.05, 0.1) is 4.92 Å². The summed E-state index contributed by atoms with van der Waals surface area (Å²) < 4.78 is 0. The summed E-state index contributed by atoms with van der Waals surface area (Å²) in [4.78, 5) is 10.6. The van der Waals surface area contributed by atoms with Gasteiger partial charge in [0.1, 0.15) is 0 Å². The molecule has 2 atom stereocenters. The van der Waals surface area contributed by atoms with Gasteiger partial charge in [-0.2, -0.15) is 0 Å². The van der Waals surface area contributed by atoms with E-state index in [1.807, 2.05) is 20.8 Å². The Morgan fingerprint density at radius 1 is 1.35 bits per heavy atom. The maximum Gasteiger partial charge on any atom is 0.273 e. The van der Waals surface area contributed by atoms with Crippen molar-refractivity contribution in [3.63, 3.8) is 0 Å². The molecule has 94 valence electrons. The molecule has 17 heavy (non-hydrogen) atoms. The minimum atomic E-state index is -0.385. The third-order valence-corrected chi connectivity index (χ3v) is 3.07. The predicted molar refractivity (Wildman–Crippen MR) is 69.3 cm³/mol. The van der Waals surface area contributed by atoms with Gasteiger partial charge < -0.3 is 5.73 Å². The number of nitrogens with zero attached hydrogens (tertiary/aromatic N) is 1. The predicted octanol–water partition coefficient (Wildman–Crippen LogP) is 3.34. The molecule has 0 aliphatic rings. The molecule has 1 rings (SSSR count). The van der Waals surface area contributed by atoms with Gasteiger partial charge in [0.2, 0.25) is 0 Å². The molecule has 2 unspecified atom stereocenters.